The quantitative estimate of drug-likeness (QED) is 0.654. The first kappa shape index (κ1) is 18.9. The molecule has 0 aliphatic rings. The summed E-state index contributed by atoms with van der Waals surface area (Å²) in [6, 6.07) is 9.39. The van der Waals surface area contributed by atoms with Gasteiger partial charge >= 0.3 is 5.97 Å². The summed E-state index contributed by atoms with van der Waals surface area (Å²) in [5.74, 6) is -2.51. The Kier molecular flexibility index (Phi) is 5.54. The normalized spacial score (nSPS) is 10.2. The van der Waals surface area contributed by atoms with Gasteiger partial charge in [0.2, 0.25) is 0 Å². The summed E-state index contributed by atoms with van der Waals surface area (Å²) in [5, 5.41) is 5.20. The highest BCUT2D eigenvalue weighted by Gasteiger charge is 2.15. The number of methoxy groups -OCH3 is 1. The van der Waals surface area contributed by atoms with E-state index in [1.165, 1.54) is 31.6 Å². The topological polar surface area (TPSA) is 93.2 Å². The summed E-state index contributed by atoms with van der Waals surface area (Å²) in [4.78, 5) is 32.1. The number of esters is 1. The fraction of sp³-hybridized carbons (Fsp3) is 0.0526. The number of halogens is 2. The molecule has 0 unspecified atom stereocenters. The van der Waals surface area contributed by atoms with Crippen LogP contribution in [0.1, 0.15) is 20.8 Å². The Morgan fingerprint density at radius 3 is 2.46 bits per heavy atom. The van der Waals surface area contributed by atoms with Crippen molar-refractivity contribution in [3.05, 3.63) is 77.8 Å². The van der Waals surface area contributed by atoms with Crippen molar-refractivity contribution >= 4 is 29.1 Å². The van der Waals surface area contributed by atoms with E-state index in [1.807, 2.05) is 0 Å². The van der Waals surface area contributed by atoms with Crippen molar-refractivity contribution in [2.45, 2.75) is 0 Å². The van der Waals surface area contributed by atoms with Crippen LogP contribution in [0.2, 0.25) is 0 Å². The lowest BCUT2D eigenvalue weighted by atomic mass is 10.1. The van der Waals surface area contributed by atoms with Crippen LogP contribution >= 0.6 is 0 Å². The fourth-order valence-electron chi connectivity index (χ4n) is 2.31. The molecule has 0 saturated carbocycles. The summed E-state index contributed by atoms with van der Waals surface area (Å²) in [6.45, 7) is 0. The second-order valence-electron chi connectivity index (χ2n) is 5.53. The van der Waals surface area contributed by atoms with Crippen LogP contribution in [-0.4, -0.2) is 29.0 Å². The molecule has 0 aliphatic carbocycles. The van der Waals surface area contributed by atoms with Crippen LogP contribution in [0.5, 0.6) is 0 Å². The van der Waals surface area contributed by atoms with Crippen LogP contribution in [0.25, 0.3) is 0 Å². The fourth-order valence-corrected chi connectivity index (χ4v) is 2.31. The molecule has 142 valence electrons. The highest BCUT2D eigenvalue weighted by atomic mass is 19.1. The number of nitrogens with one attached hydrogen (secondary N) is 2. The van der Waals surface area contributed by atoms with E-state index in [-0.39, 0.29) is 28.5 Å². The van der Waals surface area contributed by atoms with Crippen LogP contribution < -0.4 is 10.6 Å². The Morgan fingerprint density at radius 1 is 1.00 bits per heavy atom. The molecule has 0 atom stereocenters. The average Bonchev–Trinajstić information content (AvgIpc) is 2.70. The number of carbonyl (C=O) groups excluding carboxylic acids is 2. The monoisotopic (exact) mass is 384 g/mol. The second-order valence-corrected chi connectivity index (χ2v) is 5.53. The second kappa shape index (κ2) is 8.21. The van der Waals surface area contributed by atoms with Crippen molar-refractivity contribution in [1.82, 2.24) is 9.97 Å². The van der Waals surface area contributed by atoms with Crippen molar-refractivity contribution < 1.29 is 23.1 Å². The van der Waals surface area contributed by atoms with Crippen molar-refractivity contribution in [1.29, 1.82) is 0 Å². The lowest BCUT2D eigenvalue weighted by Crippen LogP contribution is -2.17. The summed E-state index contributed by atoms with van der Waals surface area (Å²) in [6.07, 6.45) is 2.41. The number of amides is 1. The Bertz CT molecular complexity index is 1030. The van der Waals surface area contributed by atoms with E-state index in [0.29, 0.717) is 0 Å². The van der Waals surface area contributed by atoms with Crippen LogP contribution in [0.3, 0.4) is 0 Å². The number of ether oxygens (including phenoxy) is 1. The molecule has 3 aromatic rings. The molecule has 9 heteroatoms. The SMILES string of the molecule is COC(=O)c1ccccc1NC(=O)c1cnc(Nc2ccc(F)cc2F)cn1. The lowest BCUT2D eigenvalue weighted by Gasteiger charge is -2.10. The van der Waals surface area contributed by atoms with Crippen LogP contribution in [-0.2, 0) is 4.74 Å². The van der Waals surface area contributed by atoms with Crippen molar-refractivity contribution in [2.24, 2.45) is 0 Å². The van der Waals surface area contributed by atoms with E-state index in [0.717, 1.165) is 12.1 Å². The molecule has 3 rings (SSSR count). The predicted octanol–water partition coefficient (Wildman–Crippen LogP) is 3.54. The molecule has 2 aromatic carbocycles. The first-order valence-corrected chi connectivity index (χ1v) is 8.00. The Labute approximate surface area is 158 Å². The number of rotatable bonds is 5. The summed E-state index contributed by atoms with van der Waals surface area (Å²) < 4.78 is 31.3. The third-order valence-corrected chi connectivity index (χ3v) is 3.66. The molecule has 0 bridgehead atoms. The molecule has 0 saturated heterocycles. The molecule has 0 radical (unpaired) electrons. The molecule has 1 aromatic heterocycles. The highest BCUT2D eigenvalue weighted by Crippen LogP contribution is 2.20. The number of benzene rings is 2. The molecule has 7 nitrogen and oxygen atoms in total. The summed E-state index contributed by atoms with van der Waals surface area (Å²) in [7, 11) is 1.24. The van der Waals surface area contributed by atoms with Crippen molar-refractivity contribution in [3.8, 4) is 0 Å². The van der Waals surface area contributed by atoms with Crippen LogP contribution in [0.4, 0.5) is 26.0 Å². The Hall–Kier alpha value is -3.88. The Balaban J connectivity index is 1.73. The van der Waals surface area contributed by atoms with Gasteiger partial charge in [0.1, 0.15) is 23.1 Å². The van der Waals surface area contributed by atoms with Gasteiger partial charge in [-0.3, -0.25) is 4.79 Å². The van der Waals surface area contributed by atoms with Gasteiger partial charge in [-0.1, -0.05) is 12.1 Å². The van der Waals surface area contributed by atoms with E-state index in [9.17, 15) is 18.4 Å². The molecular formula is C19H14F2N4O3. The first-order valence-electron chi connectivity index (χ1n) is 8.00. The van der Waals surface area contributed by atoms with Crippen molar-refractivity contribution in [2.75, 3.05) is 17.7 Å². The van der Waals surface area contributed by atoms with Gasteiger partial charge in [0, 0.05) is 6.07 Å². The number of anilines is 3. The molecule has 1 heterocycles. The van der Waals surface area contributed by atoms with Gasteiger partial charge in [-0.05, 0) is 24.3 Å². The minimum absolute atomic E-state index is 0.0138. The Morgan fingerprint density at radius 2 is 1.79 bits per heavy atom. The van der Waals surface area contributed by atoms with E-state index in [2.05, 4.69) is 25.3 Å². The first-order chi connectivity index (χ1) is 13.5. The molecule has 0 aliphatic heterocycles. The number of aromatic nitrogens is 2. The highest BCUT2D eigenvalue weighted by molar-refractivity contribution is 6.06. The maximum absolute atomic E-state index is 13.7. The standard InChI is InChI=1S/C19H14F2N4O3/c1-28-19(27)12-4-2-3-5-14(12)25-18(26)16-9-23-17(10-22-16)24-15-7-6-11(20)8-13(15)21/h2-10H,1H3,(H,23,24)(H,25,26). The smallest absolute Gasteiger partial charge is 0.339 e. The van der Waals surface area contributed by atoms with E-state index >= 15 is 0 Å². The number of para-hydroxylation sites is 1. The number of hydrogen-bond acceptors (Lipinski definition) is 6. The maximum Gasteiger partial charge on any atom is 0.339 e. The molecule has 0 fully saturated rings. The number of nitrogens with zero attached hydrogens (tertiary/aromatic N) is 2. The minimum Gasteiger partial charge on any atom is -0.465 e. The van der Waals surface area contributed by atoms with E-state index in [1.54, 1.807) is 18.2 Å². The summed E-state index contributed by atoms with van der Waals surface area (Å²) in [5.41, 5.74) is 0.442. The number of carbonyl (C=O) groups is 2. The van der Waals surface area contributed by atoms with Gasteiger partial charge in [-0.25, -0.2) is 23.5 Å². The van der Waals surface area contributed by atoms with Gasteiger partial charge < -0.3 is 15.4 Å². The molecule has 2 N–H and O–H groups in total. The van der Waals surface area contributed by atoms with Gasteiger partial charge in [-0.2, -0.15) is 0 Å². The molecule has 0 spiro atoms. The maximum atomic E-state index is 13.7. The molecule has 1 amide bonds. The van der Waals surface area contributed by atoms with Crippen LogP contribution in [0.15, 0.2) is 54.9 Å². The van der Waals surface area contributed by atoms with E-state index in [4.69, 9.17) is 0 Å². The van der Waals surface area contributed by atoms with Crippen LogP contribution in [0, 0.1) is 11.6 Å². The zero-order chi connectivity index (χ0) is 20.1. The minimum atomic E-state index is -0.789. The molecule has 28 heavy (non-hydrogen) atoms. The van der Waals surface area contributed by atoms with Gasteiger partial charge in [-0.15, -0.1) is 0 Å². The van der Waals surface area contributed by atoms with E-state index < -0.39 is 23.5 Å². The summed E-state index contributed by atoms with van der Waals surface area (Å²) >= 11 is 0. The number of hydrogen-bond donors (Lipinski definition) is 2. The average molecular weight is 384 g/mol. The van der Waals surface area contributed by atoms with Gasteiger partial charge in [0.25, 0.3) is 5.91 Å². The van der Waals surface area contributed by atoms with Gasteiger partial charge in [0.05, 0.1) is 36.4 Å². The largest absolute Gasteiger partial charge is 0.465 e. The third-order valence-electron chi connectivity index (χ3n) is 3.66. The molecular weight excluding hydrogens is 370 g/mol. The van der Waals surface area contributed by atoms with Gasteiger partial charge in [0.15, 0.2) is 0 Å². The third kappa shape index (κ3) is 4.26. The zero-order valence-corrected chi connectivity index (χ0v) is 14.6. The van der Waals surface area contributed by atoms with Crippen molar-refractivity contribution in [3.63, 3.8) is 0 Å². The zero-order valence-electron chi connectivity index (χ0n) is 14.6. The lowest BCUT2D eigenvalue weighted by molar-refractivity contribution is 0.0602. The predicted molar refractivity (Wildman–Crippen MR) is 97.4 cm³/mol.